The molecule has 2 fully saturated rings. The first kappa shape index (κ1) is 26.6. The van der Waals surface area contributed by atoms with E-state index >= 15 is 0 Å². The summed E-state index contributed by atoms with van der Waals surface area (Å²) >= 11 is 0. The van der Waals surface area contributed by atoms with E-state index in [1.807, 2.05) is 34.1 Å². The third-order valence-electron chi connectivity index (χ3n) is 8.38. The number of pyridine rings is 1. The second-order valence-corrected chi connectivity index (χ2v) is 10.8. The summed E-state index contributed by atoms with van der Waals surface area (Å²) in [5, 5.41) is 0. The predicted molar refractivity (Wildman–Crippen MR) is 146 cm³/mol. The maximum absolute atomic E-state index is 12.8. The molecular weight excluding hydrogens is 480 g/mol. The van der Waals surface area contributed by atoms with Gasteiger partial charge in [0.05, 0.1) is 6.61 Å². The number of benzene rings is 1. The summed E-state index contributed by atoms with van der Waals surface area (Å²) in [7, 11) is 2.08. The molecule has 2 amide bonds. The summed E-state index contributed by atoms with van der Waals surface area (Å²) in [6.07, 6.45) is 5.09. The van der Waals surface area contributed by atoms with Crippen LogP contribution in [0.2, 0.25) is 0 Å². The SMILES string of the molecule is CCC(CC)C(=O)N1CCC(C2OCc3cc(-c4ccc(C(=O)N5CCN(C)CC5)nc4)ccc3O2)CC1. The van der Waals surface area contributed by atoms with Gasteiger partial charge in [0.1, 0.15) is 11.4 Å². The monoisotopic (exact) mass is 520 g/mol. The molecule has 0 aliphatic carbocycles. The Morgan fingerprint density at radius 3 is 2.32 bits per heavy atom. The van der Waals surface area contributed by atoms with E-state index in [2.05, 4.69) is 36.8 Å². The van der Waals surface area contributed by atoms with Crippen molar-refractivity contribution in [1.29, 1.82) is 0 Å². The number of amides is 2. The topological polar surface area (TPSA) is 75.2 Å². The van der Waals surface area contributed by atoms with Crippen LogP contribution in [-0.4, -0.2) is 84.1 Å². The van der Waals surface area contributed by atoms with Crippen molar-refractivity contribution in [1.82, 2.24) is 19.7 Å². The fourth-order valence-electron chi connectivity index (χ4n) is 5.70. The largest absolute Gasteiger partial charge is 0.464 e. The van der Waals surface area contributed by atoms with Gasteiger partial charge in [-0.25, -0.2) is 0 Å². The number of likely N-dealkylation sites (tertiary alicyclic amines) is 1. The molecule has 0 saturated carbocycles. The number of carbonyl (C=O) groups is 2. The van der Waals surface area contributed by atoms with E-state index < -0.39 is 0 Å². The van der Waals surface area contributed by atoms with E-state index in [1.54, 1.807) is 6.20 Å². The van der Waals surface area contributed by atoms with Gasteiger partial charge in [0.15, 0.2) is 0 Å². The lowest BCUT2D eigenvalue weighted by Gasteiger charge is -2.38. The van der Waals surface area contributed by atoms with Crippen molar-refractivity contribution in [3.63, 3.8) is 0 Å². The molecule has 4 heterocycles. The van der Waals surface area contributed by atoms with E-state index in [0.717, 1.165) is 87.4 Å². The van der Waals surface area contributed by atoms with Gasteiger partial charge >= 0.3 is 0 Å². The van der Waals surface area contributed by atoms with Gasteiger partial charge in [0.25, 0.3) is 5.91 Å². The van der Waals surface area contributed by atoms with Crippen molar-refractivity contribution in [2.45, 2.75) is 52.4 Å². The number of aromatic nitrogens is 1. The van der Waals surface area contributed by atoms with Gasteiger partial charge in [-0.3, -0.25) is 14.6 Å². The maximum atomic E-state index is 12.8. The molecule has 38 heavy (non-hydrogen) atoms. The number of likely N-dealkylation sites (N-methyl/N-ethyl adjacent to an activating group) is 1. The molecule has 8 heteroatoms. The molecule has 0 N–H and O–H groups in total. The van der Waals surface area contributed by atoms with Crippen molar-refractivity contribution in [2.75, 3.05) is 46.3 Å². The first-order valence-corrected chi connectivity index (χ1v) is 14.1. The average molecular weight is 521 g/mol. The first-order valence-electron chi connectivity index (χ1n) is 14.1. The Labute approximate surface area is 225 Å². The van der Waals surface area contributed by atoms with Gasteiger partial charge in [0, 0.05) is 68.4 Å². The Bertz CT molecular complexity index is 1120. The van der Waals surface area contributed by atoms with E-state index in [9.17, 15) is 9.59 Å². The zero-order chi connectivity index (χ0) is 26.6. The number of hydrogen-bond donors (Lipinski definition) is 0. The molecule has 1 atom stereocenters. The normalized spacial score (nSPS) is 20.8. The Kier molecular flexibility index (Phi) is 8.29. The van der Waals surface area contributed by atoms with Gasteiger partial charge in [-0.05, 0) is 56.5 Å². The van der Waals surface area contributed by atoms with Gasteiger partial charge in [-0.1, -0.05) is 26.0 Å². The Hall–Kier alpha value is -2.97. The highest BCUT2D eigenvalue weighted by Crippen LogP contribution is 2.35. The molecule has 1 aromatic carbocycles. The summed E-state index contributed by atoms with van der Waals surface area (Å²) in [5.74, 6) is 1.56. The molecule has 2 aromatic rings. The standard InChI is InChI=1S/C30H40N4O4/c1-4-21(5-2)28(35)33-12-10-22(11-13-33)30-37-20-25-18-23(7-9-27(25)38-30)24-6-8-26(31-19-24)29(36)34-16-14-32(3)15-17-34/h6-9,18-19,21-22,30H,4-5,10-17,20H2,1-3H3. The van der Waals surface area contributed by atoms with Crippen molar-refractivity contribution >= 4 is 11.8 Å². The summed E-state index contributed by atoms with van der Waals surface area (Å²) in [4.78, 5) is 36.1. The van der Waals surface area contributed by atoms with Crippen LogP contribution in [0.5, 0.6) is 5.75 Å². The molecule has 1 aromatic heterocycles. The molecule has 3 aliphatic heterocycles. The minimum Gasteiger partial charge on any atom is -0.464 e. The highest BCUT2D eigenvalue weighted by Gasteiger charge is 2.34. The second-order valence-electron chi connectivity index (χ2n) is 10.8. The maximum Gasteiger partial charge on any atom is 0.272 e. The number of carbonyl (C=O) groups excluding carboxylic acids is 2. The molecule has 0 spiro atoms. The molecule has 0 bridgehead atoms. The average Bonchev–Trinajstić information content (AvgIpc) is 2.97. The summed E-state index contributed by atoms with van der Waals surface area (Å²) in [6, 6.07) is 9.91. The first-order chi connectivity index (χ1) is 18.5. The highest BCUT2D eigenvalue weighted by atomic mass is 16.7. The van der Waals surface area contributed by atoms with Crippen molar-refractivity contribution in [2.24, 2.45) is 11.8 Å². The second kappa shape index (κ2) is 11.8. The fraction of sp³-hybridized carbons (Fsp3) is 0.567. The lowest BCUT2D eigenvalue weighted by atomic mass is 9.93. The number of rotatable bonds is 6. The number of fused-ring (bicyclic) bond motifs is 1. The molecule has 1 unspecified atom stereocenters. The highest BCUT2D eigenvalue weighted by molar-refractivity contribution is 5.92. The van der Waals surface area contributed by atoms with Crippen LogP contribution >= 0.6 is 0 Å². The number of ether oxygens (including phenoxy) is 2. The minimum atomic E-state index is -0.278. The van der Waals surface area contributed by atoms with Crippen LogP contribution in [0.4, 0.5) is 0 Å². The molecule has 2 saturated heterocycles. The van der Waals surface area contributed by atoms with Crippen LogP contribution in [0.1, 0.15) is 55.6 Å². The van der Waals surface area contributed by atoms with E-state index in [0.29, 0.717) is 18.2 Å². The molecular formula is C30H40N4O4. The van der Waals surface area contributed by atoms with Crippen molar-refractivity contribution in [3.8, 4) is 16.9 Å². The van der Waals surface area contributed by atoms with Gasteiger partial charge in [0.2, 0.25) is 12.2 Å². The predicted octanol–water partition coefficient (Wildman–Crippen LogP) is 4.05. The van der Waals surface area contributed by atoms with Crippen LogP contribution in [0.15, 0.2) is 36.5 Å². The van der Waals surface area contributed by atoms with Crippen LogP contribution in [0.25, 0.3) is 11.1 Å². The Morgan fingerprint density at radius 1 is 0.947 bits per heavy atom. The zero-order valence-corrected chi connectivity index (χ0v) is 22.9. The smallest absolute Gasteiger partial charge is 0.272 e. The number of piperidine rings is 1. The van der Waals surface area contributed by atoms with E-state index in [-0.39, 0.29) is 24.0 Å². The van der Waals surface area contributed by atoms with E-state index in [4.69, 9.17) is 9.47 Å². The minimum absolute atomic E-state index is 0.00585. The zero-order valence-electron chi connectivity index (χ0n) is 22.9. The third-order valence-corrected chi connectivity index (χ3v) is 8.38. The lowest BCUT2D eigenvalue weighted by Crippen LogP contribution is -2.47. The number of piperazine rings is 1. The Morgan fingerprint density at radius 2 is 1.66 bits per heavy atom. The lowest BCUT2D eigenvalue weighted by molar-refractivity contribution is -0.156. The van der Waals surface area contributed by atoms with Crippen molar-refractivity contribution < 1.29 is 19.1 Å². The summed E-state index contributed by atoms with van der Waals surface area (Å²) in [6.45, 7) is 9.47. The van der Waals surface area contributed by atoms with Gasteiger partial charge in [-0.15, -0.1) is 0 Å². The summed E-state index contributed by atoms with van der Waals surface area (Å²) in [5.41, 5.74) is 3.48. The Balaban J connectivity index is 1.18. The molecule has 204 valence electrons. The van der Waals surface area contributed by atoms with Gasteiger partial charge in [-0.2, -0.15) is 0 Å². The van der Waals surface area contributed by atoms with Crippen LogP contribution in [0, 0.1) is 11.8 Å². The van der Waals surface area contributed by atoms with Crippen molar-refractivity contribution in [3.05, 3.63) is 47.8 Å². The number of hydrogen-bond acceptors (Lipinski definition) is 6. The van der Waals surface area contributed by atoms with E-state index in [1.165, 1.54) is 0 Å². The molecule has 3 aliphatic rings. The van der Waals surface area contributed by atoms with Crippen LogP contribution in [-0.2, 0) is 16.1 Å². The molecule has 5 rings (SSSR count). The molecule has 0 radical (unpaired) electrons. The van der Waals surface area contributed by atoms with Gasteiger partial charge < -0.3 is 24.2 Å². The van der Waals surface area contributed by atoms with Crippen LogP contribution < -0.4 is 4.74 Å². The van der Waals surface area contributed by atoms with Crippen LogP contribution in [0.3, 0.4) is 0 Å². The number of nitrogens with zero attached hydrogens (tertiary/aromatic N) is 4. The quantitative estimate of drug-likeness (QED) is 0.572. The fourth-order valence-corrected chi connectivity index (χ4v) is 5.70. The molecule has 8 nitrogen and oxygen atoms in total. The third kappa shape index (κ3) is 5.71. The summed E-state index contributed by atoms with van der Waals surface area (Å²) < 4.78 is 12.4.